The summed E-state index contributed by atoms with van der Waals surface area (Å²) in [5.74, 6) is 0.804. The molecule has 0 aliphatic carbocycles. The first-order valence-electron chi connectivity index (χ1n) is 6.18. The molecule has 0 heterocycles. The summed E-state index contributed by atoms with van der Waals surface area (Å²) in [6.07, 6.45) is 0. The Morgan fingerprint density at radius 2 is 1.75 bits per heavy atom. The average molecular weight is 277 g/mol. The normalized spacial score (nSPS) is 10.2. The van der Waals surface area contributed by atoms with Crippen molar-refractivity contribution in [2.24, 2.45) is 0 Å². The Morgan fingerprint density at radius 3 is 2.40 bits per heavy atom. The Bertz CT molecular complexity index is 602. The summed E-state index contributed by atoms with van der Waals surface area (Å²) in [6, 6.07) is 9.63. The van der Waals surface area contributed by atoms with Crippen molar-refractivity contribution in [3.63, 3.8) is 0 Å². The highest BCUT2D eigenvalue weighted by atomic mass is 19.1. The van der Waals surface area contributed by atoms with Crippen molar-refractivity contribution >= 4 is 5.69 Å². The maximum Gasteiger partial charge on any atom is 0.169 e. The van der Waals surface area contributed by atoms with E-state index in [0.717, 1.165) is 6.07 Å². The predicted molar refractivity (Wildman–Crippen MR) is 75.0 cm³/mol. The molecule has 0 amide bonds. The van der Waals surface area contributed by atoms with Crippen LogP contribution in [0, 0.1) is 5.82 Å². The van der Waals surface area contributed by atoms with E-state index < -0.39 is 5.82 Å². The van der Waals surface area contributed by atoms with Crippen LogP contribution >= 0.6 is 0 Å². The molecule has 0 unspecified atom stereocenters. The van der Waals surface area contributed by atoms with Crippen molar-refractivity contribution in [3.8, 4) is 23.0 Å². The van der Waals surface area contributed by atoms with E-state index in [4.69, 9.17) is 19.9 Å². The topological polar surface area (TPSA) is 53.7 Å². The van der Waals surface area contributed by atoms with Gasteiger partial charge in [-0.05, 0) is 19.1 Å². The number of para-hydroxylation sites is 2. The molecule has 4 nitrogen and oxygen atoms in total. The highest BCUT2D eigenvalue weighted by Crippen LogP contribution is 2.36. The first-order valence-corrected chi connectivity index (χ1v) is 6.18. The molecule has 0 saturated heterocycles. The van der Waals surface area contributed by atoms with E-state index in [1.54, 1.807) is 18.2 Å². The highest BCUT2D eigenvalue weighted by molar-refractivity contribution is 5.57. The number of benzene rings is 2. The first-order chi connectivity index (χ1) is 9.65. The van der Waals surface area contributed by atoms with Gasteiger partial charge in [-0.15, -0.1) is 0 Å². The number of hydrogen-bond donors (Lipinski definition) is 1. The molecule has 0 fully saturated rings. The third-order valence-corrected chi connectivity index (χ3v) is 2.65. The van der Waals surface area contributed by atoms with Gasteiger partial charge in [-0.1, -0.05) is 12.1 Å². The number of rotatable bonds is 5. The van der Waals surface area contributed by atoms with Gasteiger partial charge in [0.25, 0.3) is 0 Å². The molecule has 106 valence electrons. The molecule has 0 saturated carbocycles. The fraction of sp³-hybridized carbons (Fsp3) is 0.200. The minimum Gasteiger partial charge on any atom is -0.494 e. The summed E-state index contributed by atoms with van der Waals surface area (Å²) in [5.41, 5.74) is 5.84. The number of methoxy groups -OCH3 is 1. The standard InChI is InChI=1S/C15H16FNO3/c1-3-19-12-6-4-5-7-13(12)20-14-9-15(18-2)11(17)8-10(14)16/h4-9H,3,17H2,1-2H3. The average Bonchev–Trinajstić information content (AvgIpc) is 2.44. The van der Waals surface area contributed by atoms with Gasteiger partial charge >= 0.3 is 0 Å². The largest absolute Gasteiger partial charge is 0.494 e. The summed E-state index contributed by atoms with van der Waals surface area (Å²) >= 11 is 0. The number of anilines is 1. The van der Waals surface area contributed by atoms with Crippen molar-refractivity contribution < 1.29 is 18.6 Å². The number of ether oxygens (including phenoxy) is 3. The summed E-state index contributed by atoms with van der Waals surface area (Å²) in [4.78, 5) is 0. The van der Waals surface area contributed by atoms with Crippen LogP contribution in [0.3, 0.4) is 0 Å². The lowest BCUT2D eigenvalue weighted by Gasteiger charge is -2.13. The molecule has 2 rings (SSSR count). The van der Waals surface area contributed by atoms with E-state index in [1.807, 2.05) is 13.0 Å². The van der Waals surface area contributed by atoms with Crippen molar-refractivity contribution in [1.82, 2.24) is 0 Å². The Morgan fingerprint density at radius 1 is 1.05 bits per heavy atom. The van der Waals surface area contributed by atoms with Crippen LogP contribution < -0.4 is 19.9 Å². The van der Waals surface area contributed by atoms with E-state index in [2.05, 4.69) is 0 Å². The molecule has 0 aliphatic heterocycles. The monoisotopic (exact) mass is 277 g/mol. The Kier molecular flexibility index (Phi) is 4.30. The number of halogens is 1. The van der Waals surface area contributed by atoms with Gasteiger partial charge in [0.05, 0.1) is 19.4 Å². The van der Waals surface area contributed by atoms with Crippen LogP contribution in [0.5, 0.6) is 23.0 Å². The van der Waals surface area contributed by atoms with Gasteiger partial charge in [0.1, 0.15) is 5.75 Å². The Balaban J connectivity index is 2.35. The lowest BCUT2D eigenvalue weighted by Crippen LogP contribution is -1.98. The van der Waals surface area contributed by atoms with E-state index in [9.17, 15) is 4.39 Å². The van der Waals surface area contributed by atoms with E-state index in [0.29, 0.717) is 23.9 Å². The molecular formula is C15H16FNO3. The lowest BCUT2D eigenvalue weighted by molar-refractivity contribution is 0.318. The Hall–Kier alpha value is -2.43. The third kappa shape index (κ3) is 2.93. The molecular weight excluding hydrogens is 261 g/mol. The molecule has 0 aromatic heterocycles. The summed E-state index contributed by atoms with van der Waals surface area (Å²) < 4.78 is 29.9. The van der Waals surface area contributed by atoms with Crippen LogP contribution in [-0.4, -0.2) is 13.7 Å². The zero-order valence-corrected chi connectivity index (χ0v) is 11.4. The van der Waals surface area contributed by atoms with Crippen molar-refractivity contribution in [2.75, 3.05) is 19.5 Å². The van der Waals surface area contributed by atoms with Crippen LogP contribution in [0.15, 0.2) is 36.4 Å². The van der Waals surface area contributed by atoms with E-state index >= 15 is 0 Å². The van der Waals surface area contributed by atoms with Crippen LogP contribution in [0.2, 0.25) is 0 Å². The van der Waals surface area contributed by atoms with E-state index in [-0.39, 0.29) is 11.4 Å². The number of nitrogens with two attached hydrogens (primary N) is 1. The molecule has 20 heavy (non-hydrogen) atoms. The summed E-state index contributed by atoms with van der Waals surface area (Å²) in [7, 11) is 1.46. The van der Waals surface area contributed by atoms with Gasteiger partial charge in [0.2, 0.25) is 0 Å². The quantitative estimate of drug-likeness (QED) is 0.848. The molecule has 0 radical (unpaired) electrons. The molecule has 0 bridgehead atoms. The molecule has 0 spiro atoms. The number of hydrogen-bond acceptors (Lipinski definition) is 4. The van der Waals surface area contributed by atoms with Crippen molar-refractivity contribution in [2.45, 2.75) is 6.92 Å². The minimum atomic E-state index is -0.561. The van der Waals surface area contributed by atoms with Crippen molar-refractivity contribution in [3.05, 3.63) is 42.2 Å². The minimum absolute atomic E-state index is 0.0307. The van der Waals surface area contributed by atoms with Crippen LogP contribution in [0.25, 0.3) is 0 Å². The molecule has 2 aromatic carbocycles. The zero-order chi connectivity index (χ0) is 14.5. The van der Waals surface area contributed by atoms with Gasteiger partial charge < -0.3 is 19.9 Å². The smallest absolute Gasteiger partial charge is 0.169 e. The highest BCUT2D eigenvalue weighted by Gasteiger charge is 2.12. The van der Waals surface area contributed by atoms with E-state index in [1.165, 1.54) is 13.2 Å². The number of nitrogen functional groups attached to an aromatic ring is 1. The molecule has 0 atom stereocenters. The fourth-order valence-electron chi connectivity index (χ4n) is 1.73. The van der Waals surface area contributed by atoms with Crippen molar-refractivity contribution in [1.29, 1.82) is 0 Å². The molecule has 2 N–H and O–H groups in total. The first kappa shape index (κ1) is 14.0. The van der Waals surface area contributed by atoms with Crippen LogP contribution in [0.4, 0.5) is 10.1 Å². The van der Waals surface area contributed by atoms with Crippen LogP contribution in [0.1, 0.15) is 6.92 Å². The van der Waals surface area contributed by atoms with Gasteiger partial charge in [-0.25, -0.2) is 4.39 Å². The van der Waals surface area contributed by atoms with Gasteiger partial charge in [0.15, 0.2) is 23.1 Å². The Labute approximate surface area is 116 Å². The SMILES string of the molecule is CCOc1ccccc1Oc1cc(OC)c(N)cc1F. The zero-order valence-electron chi connectivity index (χ0n) is 11.4. The van der Waals surface area contributed by atoms with Gasteiger partial charge in [0, 0.05) is 12.1 Å². The second kappa shape index (κ2) is 6.14. The lowest BCUT2D eigenvalue weighted by atomic mass is 10.2. The van der Waals surface area contributed by atoms with Crippen LogP contribution in [-0.2, 0) is 0 Å². The summed E-state index contributed by atoms with van der Waals surface area (Å²) in [5, 5.41) is 0. The molecule has 2 aromatic rings. The predicted octanol–water partition coefficient (Wildman–Crippen LogP) is 3.61. The fourth-order valence-corrected chi connectivity index (χ4v) is 1.73. The maximum atomic E-state index is 13.9. The second-order valence-corrected chi connectivity index (χ2v) is 4.01. The molecule has 5 heteroatoms. The maximum absolute atomic E-state index is 13.9. The second-order valence-electron chi connectivity index (χ2n) is 4.01. The third-order valence-electron chi connectivity index (χ3n) is 2.65. The van der Waals surface area contributed by atoms with Gasteiger partial charge in [-0.2, -0.15) is 0 Å². The summed E-state index contributed by atoms with van der Waals surface area (Å²) in [6.45, 7) is 2.36. The van der Waals surface area contributed by atoms with Gasteiger partial charge in [-0.3, -0.25) is 0 Å². The molecule has 0 aliphatic rings.